The second kappa shape index (κ2) is 11.4. The Morgan fingerprint density at radius 1 is 1.15 bits per heavy atom. The quantitative estimate of drug-likeness (QED) is 0.374. The molecule has 0 spiro atoms. The molecule has 0 aliphatic carbocycles. The Balaban J connectivity index is 1.18. The third kappa shape index (κ3) is 6.18. The van der Waals surface area contributed by atoms with Crippen molar-refractivity contribution < 1.29 is 14.7 Å². The van der Waals surface area contributed by atoms with E-state index < -0.39 is 12.0 Å². The van der Waals surface area contributed by atoms with Crippen molar-refractivity contribution in [3.8, 4) is 11.4 Å². The Hall–Kier alpha value is -3.75. The second-order valence-corrected chi connectivity index (χ2v) is 8.45. The summed E-state index contributed by atoms with van der Waals surface area (Å²) in [5, 5.41) is 20.1. The molecule has 1 aromatic carbocycles. The summed E-state index contributed by atoms with van der Waals surface area (Å²) in [7, 11) is 0. The maximum Gasteiger partial charge on any atom is 0.328 e. The molecule has 9 nitrogen and oxygen atoms in total. The van der Waals surface area contributed by atoms with E-state index in [2.05, 4.69) is 37.8 Å². The molecule has 3 N–H and O–H groups in total. The molecule has 1 atom stereocenters. The van der Waals surface area contributed by atoms with Crippen molar-refractivity contribution in [2.45, 2.75) is 51.0 Å². The van der Waals surface area contributed by atoms with Crippen molar-refractivity contribution in [3.05, 3.63) is 60.0 Å². The third-order valence-corrected chi connectivity index (χ3v) is 5.92. The van der Waals surface area contributed by atoms with Crippen molar-refractivity contribution >= 4 is 17.7 Å². The highest BCUT2D eigenvalue weighted by Gasteiger charge is 2.21. The molecule has 3 aromatic rings. The van der Waals surface area contributed by atoms with Gasteiger partial charge >= 0.3 is 5.97 Å². The molecule has 34 heavy (non-hydrogen) atoms. The lowest BCUT2D eigenvalue weighted by Crippen LogP contribution is -2.29. The van der Waals surface area contributed by atoms with Crippen LogP contribution in [-0.4, -0.2) is 49.8 Å². The Labute approximate surface area is 198 Å². The number of aryl methyl sites for hydroxylation is 2. The first-order chi connectivity index (χ1) is 16.6. The maximum absolute atomic E-state index is 12.2. The van der Waals surface area contributed by atoms with Crippen molar-refractivity contribution in [2.75, 3.05) is 18.4 Å². The van der Waals surface area contributed by atoms with Gasteiger partial charge in [-0.15, -0.1) is 0 Å². The summed E-state index contributed by atoms with van der Waals surface area (Å²) in [5.41, 5.74) is 3.14. The fourth-order valence-electron chi connectivity index (χ4n) is 4.05. The number of unbranched alkanes of at least 4 members (excludes halogenated alkanes) is 1. The predicted molar refractivity (Wildman–Crippen MR) is 128 cm³/mol. The normalized spacial score (nSPS) is 13.5. The molecular formula is C25H30N6O3. The van der Waals surface area contributed by atoms with Crippen LogP contribution in [0, 0.1) is 0 Å². The molecule has 1 aliphatic heterocycles. The zero-order chi connectivity index (χ0) is 23.8. The molecule has 2 aromatic heterocycles. The number of hydrogen-bond acceptors (Lipinski definition) is 6. The van der Waals surface area contributed by atoms with E-state index in [0.717, 1.165) is 55.7 Å². The molecule has 1 aliphatic rings. The van der Waals surface area contributed by atoms with Crippen LogP contribution in [0.25, 0.3) is 11.4 Å². The van der Waals surface area contributed by atoms with Gasteiger partial charge in [0.05, 0.1) is 0 Å². The van der Waals surface area contributed by atoms with Gasteiger partial charge in [0.15, 0.2) is 11.9 Å². The second-order valence-electron chi connectivity index (χ2n) is 8.45. The van der Waals surface area contributed by atoms with Gasteiger partial charge in [0.25, 0.3) is 0 Å². The number of benzene rings is 1. The molecule has 1 unspecified atom stereocenters. The van der Waals surface area contributed by atoms with E-state index in [1.165, 1.54) is 16.6 Å². The van der Waals surface area contributed by atoms with Gasteiger partial charge in [-0.05, 0) is 50.2 Å². The summed E-state index contributed by atoms with van der Waals surface area (Å²) in [6.07, 6.45) is 6.73. The fraction of sp³-hybridized carbons (Fsp3) is 0.400. The van der Waals surface area contributed by atoms with E-state index >= 15 is 0 Å². The number of carbonyl (C=O) groups is 2. The molecule has 4 rings (SSSR count). The highest BCUT2D eigenvalue weighted by molar-refractivity contribution is 5.76. The summed E-state index contributed by atoms with van der Waals surface area (Å²) in [6.45, 7) is 1.23. The minimum absolute atomic E-state index is 0.0761. The predicted octanol–water partition coefficient (Wildman–Crippen LogP) is 3.24. The number of aliphatic carboxylic acids is 1. The van der Waals surface area contributed by atoms with Crippen molar-refractivity contribution in [2.24, 2.45) is 0 Å². The number of rotatable bonds is 11. The fourth-order valence-corrected chi connectivity index (χ4v) is 4.05. The molecule has 9 heteroatoms. The smallest absolute Gasteiger partial charge is 0.328 e. The van der Waals surface area contributed by atoms with Crippen molar-refractivity contribution in [1.29, 1.82) is 0 Å². The van der Waals surface area contributed by atoms with Crippen LogP contribution in [0.4, 0.5) is 5.82 Å². The van der Waals surface area contributed by atoms with E-state index in [4.69, 9.17) is 0 Å². The molecular weight excluding hydrogens is 432 g/mol. The van der Waals surface area contributed by atoms with E-state index in [1.54, 1.807) is 0 Å². The lowest BCUT2D eigenvalue weighted by molar-refractivity contribution is -0.141. The minimum atomic E-state index is -1.01. The average Bonchev–Trinajstić information content (AvgIpc) is 3.34. The number of carbonyl (C=O) groups excluding carboxylic acids is 1. The molecule has 0 radical (unpaired) electrons. The van der Waals surface area contributed by atoms with Gasteiger partial charge in [-0.3, -0.25) is 4.79 Å². The number of nitrogens with zero attached hydrogens (tertiary/aromatic N) is 4. The molecule has 0 bridgehead atoms. The summed E-state index contributed by atoms with van der Waals surface area (Å²) in [4.78, 5) is 32.9. The number of hydrogen-bond donors (Lipinski definition) is 3. The summed E-state index contributed by atoms with van der Waals surface area (Å²) in [6, 6.07) is 12.7. The van der Waals surface area contributed by atoms with Gasteiger partial charge < -0.3 is 15.7 Å². The van der Waals surface area contributed by atoms with E-state index in [-0.39, 0.29) is 18.9 Å². The molecule has 0 saturated carbocycles. The topological polar surface area (TPSA) is 122 Å². The van der Waals surface area contributed by atoms with Crippen LogP contribution in [-0.2, 0) is 22.4 Å². The first-order valence-electron chi connectivity index (χ1n) is 11.8. The lowest BCUT2D eigenvalue weighted by Gasteiger charge is -2.17. The number of fused-ring (bicyclic) bond motifs is 1. The summed E-state index contributed by atoms with van der Waals surface area (Å²) >= 11 is 0. The van der Waals surface area contributed by atoms with E-state index in [1.807, 2.05) is 30.3 Å². The Bertz CT molecular complexity index is 1110. The first kappa shape index (κ1) is 23.4. The zero-order valence-electron chi connectivity index (χ0n) is 19.1. The molecule has 1 amide bonds. The minimum Gasteiger partial charge on any atom is -0.480 e. The van der Waals surface area contributed by atoms with Crippen LogP contribution in [0.15, 0.2) is 48.8 Å². The molecule has 0 fully saturated rings. The van der Waals surface area contributed by atoms with Gasteiger partial charge in [-0.25, -0.2) is 19.4 Å². The highest BCUT2D eigenvalue weighted by atomic mass is 16.4. The zero-order valence-corrected chi connectivity index (χ0v) is 19.1. The van der Waals surface area contributed by atoms with Crippen molar-refractivity contribution in [3.63, 3.8) is 0 Å². The molecule has 178 valence electrons. The van der Waals surface area contributed by atoms with Crippen LogP contribution < -0.4 is 10.6 Å². The summed E-state index contributed by atoms with van der Waals surface area (Å²) < 4.78 is 1.34. The maximum atomic E-state index is 12.2. The Morgan fingerprint density at radius 3 is 2.82 bits per heavy atom. The number of carboxylic acids is 1. The van der Waals surface area contributed by atoms with Gasteiger partial charge in [0.2, 0.25) is 5.91 Å². The highest BCUT2D eigenvalue weighted by Crippen LogP contribution is 2.20. The van der Waals surface area contributed by atoms with Crippen LogP contribution in [0.3, 0.4) is 0 Å². The number of anilines is 1. The molecule has 0 saturated heterocycles. The molecule has 3 heterocycles. The van der Waals surface area contributed by atoms with Crippen LogP contribution in [0.5, 0.6) is 0 Å². The van der Waals surface area contributed by atoms with Gasteiger partial charge in [-0.1, -0.05) is 36.4 Å². The standard InChI is InChI=1S/C25H30N6O3/c32-22(11-5-4-10-20-13-12-19-9-6-15-27-23(19)29-20)26-16-14-21(25(33)34)31-17-28-24(30-31)18-7-2-1-3-8-18/h1-3,7-8,12-13,17,21H,4-6,9-11,14-16H2,(H,26,32)(H,27,29)(H,33,34). The first-order valence-corrected chi connectivity index (χ1v) is 11.8. The Kier molecular flexibility index (Phi) is 7.85. The van der Waals surface area contributed by atoms with Gasteiger partial charge in [0, 0.05) is 30.8 Å². The van der Waals surface area contributed by atoms with E-state index in [0.29, 0.717) is 12.2 Å². The van der Waals surface area contributed by atoms with Crippen LogP contribution >= 0.6 is 0 Å². The van der Waals surface area contributed by atoms with Crippen LogP contribution in [0.1, 0.15) is 49.4 Å². The van der Waals surface area contributed by atoms with Gasteiger partial charge in [-0.2, -0.15) is 5.10 Å². The lowest BCUT2D eigenvalue weighted by atomic mass is 10.1. The van der Waals surface area contributed by atoms with E-state index in [9.17, 15) is 14.7 Å². The van der Waals surface area contributed by atoms with Gasteiger partial charge in [0.1, 0.15) is 12.1 Å². The SMILES string of the molecule is O=C(CCCCc1ccc2c(n1)NCCC2)NCCC(C(=O)O)n1cnc(-c2ccccc2)n1. The van der Waals surface area contributed by atoms with Crippen LogP contribution in [0.2, 0.25) is 0 Å². The number of amides is 1. The number of nitrogens with one attached hydrogen (secondary N) is 2. The summed E-state index contributed by atoms with van der Waals surface area (Å²) in [5.74, 6) is 0.386. The number of carboxylic acid groups (broad SMARTS) is 1. The Morgan fingerprint density at radius 2 is 2.00 bits per heavy atom. The number of aromatic nitrogens is 4. The third-order valence-electron chi connectivity index (χ3n) is 5.92. The van der Waals surface area contributed by atoms with Crippen molar-refractivity contribution in [1.82, 2.24) is 25.1 Å². The monoisotopic (exact) mass is 462 g/mol. The average molecular weight is 463 g/mol. The largest absolute Gasteiger partial charge is 0.480 e. The number of pyridine rings is 1.